The first-order chi connectivity index (χ1) is 10.2. The zero-order chi connectivity index (χ0) is 15.2. The van der Waals surface area contributed by atoms with E-state index < -0.39 is 5.82 Å². The van der Waals surface area contributed by atoms with E-state index >= 15 is 0 Å². The van der Waals surface area contributed by atoms with E-state index in [0.29, 0.717) is 22.8 Å². The third-order valence-corrected chi connectivity index (χ3v) is 2.98. The molecule has 112 valence electrons. The van der Waals surface area contributed by atoms with Gasteiger partial charge in [-0.05, 0) is 24.6 Å². The van der Waals surface area contributed by atoms with Gasteiger partial charge in [-0.25, -0.2) is 14.4 Å². The summed E-state index contributed by atoms with van der Waals surface area (Å²) in [6, 6.07) is 4.66. The Morgan fingerprint density at radius 2 is 2.00 bits per heavy atom. The van der Waals surface area contributed by atoms with Gasteiger partial charge in [0.2, 0.25) is 0 Å². The summed E-state index contributed by atoms with van der Waals surface area (Å²) >= 11 is 0. The maximum absolute atomic E-state index is 13.9. The lowest BCUT2D eigenvalue weighted by Crippen LogP contribution is -2.06. The molecule has 0 unspecified atom stereocenters. The van der Waals surface area contributed by atoms with E-state index in [1.54, 1.807) is 19.2 Å². The normalized spacial score (nSPS) is 10.3. The Balaban J connectivity index is 2.45. The summed E-state index contributed by atoms with van der Waals surface area (Å²) in [4.78, 5) is 8.37. The molecule has 0 amide bonds. The Bertz CT molecular complexity index is 620. The minimum atomic E-state index is -0.446. The predicted molar refractivity (Wildman–Crippen MR) is 79.3 cm³/mol. The van der Waals surface area contributed by atoms with Crippen LogP contribution in [0.3, 0.4) is 0 Å². The lowest BCUT2D eigenvalue weighted by atomic mass is 10.1. The Kier molecular flexibility index (Phi) is 4.92. The summed E-state index contributed by atoms with van der Waals surface area (Å²) in [5.41, 5.74) is 1.14. The van der Waals surface area contributed by atoms with E-state index in [1.165, 1.54) is 19.5 Å². The molecule has 1 N–H and O–H groups in total. The van der Waals surface area contributed by atoms with Gasteiger partial charge in [0.1, 0.15) is 12.0 Å². The molecule has 1 aromatic heterocycles. The lowest BCUT2D eigenvalue weighted by molar-refractivity contribution is 0.386. The molecule has 0 atom stereocenters. The fourth-order valence-electron chi connectivity index (χ4n) is 1.96. The highest BCUT2D eigenvalue weighted by Crippen LogP contribution is 2.34. The van der Waals surface area contributed by atoms with Crippen LogP contribution in [-0.2, 0) is 0 Å². The van der Waals surface area contributed by atoms with Crippen LogP contribution in [0.2, 0.25) is 0 Å². The standard InChI is InChI=1S/C15H18FN3O2/c1-4-7-17-15-14(21-3)13(18-9-19-15)10-5-6-12(20-2)11(16)8-10/h5-6,8-9H,4,7H2,1-3H3,(H,17,18,19). The fraction of sp³-hybridized carbons (Fsp3) is 0.333. The van der Waals surface area contributed by atoms with Crippen molar-refractivity contribution in [1.29, 1.82) is 0 Å². The Morgan fingerprint density at radius 1 is 1.19 bits per heavy atom. The molecule has 2 aromatic rings. The fourth-order valence-corrected chi connectivity index (χ4v) is 1.96. The average molecular weight is 291 g/mol. The maximum atomic E-state index is 13.9. The van der Waals surface area contributed by atoms with Crippen molar-refractivity contribution in [2.45, 2.75) is 13.3 Å². The second kappa shape index (κ2) is 6.88. The highest BCUT2D eigenvalue weighted by atomic mass is 19.1. The van der Waals surface area contributed by atoms with Crippen LogP contribution in [-0.4, -0.2) is 30.7 Å². The topological polar surface area (TPSA) is 56.3 Å². The monoisotopic (exact) mass is 291 g/mol. The largest absolute Gasteiger partial charge is 0.494 e. The smallest absolute Gasteiger partial charge is 0.187 e. The predicted octanol–water partition coefficient (Wildman–Crippen LogP) is 3.12. The first-order valence-corrected chi connectivity index (χ1v) is 6.68. The Morgan fingerprint density at radius 3 is 2.62 bits per heavy atom. The average Bonchev–Trinajstić information content (AvgIpc) is 2.52. The summed E-state index contributed by atoms with van der Waals surface area (Å²) in [7, 11) is 2.97. The van der Waals surface area contributed by atoms with Gasteiger partial charge < -0.3 is 14.8 Å². The van der Waals surface area contributed by atoms with E-state index in [9.17, 15) is 4.39 Å². The van der Waals surface area contributed by atoms with E-state index in [0.717, 1.165) is 13.0 Å². The molecular formula is C15H18FN3O2. The van der Waals surface area contributed by atoms with Crippen molar-refractivity contribution >= 4 is 5.82 Å². The third-order valence-electron chi connectivity index (χ3n) is 2.98. The number of halogens is 1. The van der Waals surface area contributed by atoms with Crippen molar-refractivity contribution in [1.82, 2.24) is 9.97 Å². The SMILES string of the molecule is CCCNc1ncnc(-c2ccc(OC)c(F)c2)c1OC. The van der Waals surface area contributed by atoms with E-state index in [4.69, 9.17) is 9.47 Å². The van der Waals surface area contributed by atoms with Crippen LogP contribution in [0.1, 0.15) is 13.3 Å². The van der Waals surface area contributed by atoms with Gasteiger partial charge >= 0.3 is 0 Å². The molecule has 0 spiro atoms. The third kappa shape index (κ3) is 3.21. The number of nitrogens with one attached hydrogen (secondary N) is 1. The second-order valence-corrected chi connectivity index (χ2v) is 4.38. The molecular weight excluding hydrogens is 273 g/mol. The van der Waals surface area contributed by atoms with Gasteiger partial charge in [-0.1, -0.05) is 6.92 Å². The zero-order valence-corrected chi connectivity index (χ0v) is 12.3. The van der Waals surface area contributed by atoms with Gasteiger partial charge in [-0.15, -0.1) is 0 Å². The van der Waals surface area contributed by atoms with Gasteiger partial charge in [-0.3, -0.25) is 0 Å². The van der Waals surface area contributed by atoms with Crippen LogP contribution in [0.25, 0.3) is 11.3 Å². The number of benzene rings is 1. The van der Waals surface area contributed by atoms with Crippen LogP contribution in [0.15, 0.2) is 24.5 Å². The van der Waals surface area contributed by atoms with Gasteiger partial charge in [0, 0.05) is 12.1 Å². The van der Waals surface area contributed by atoms with Crippen molar-refractivity contribution in [3.63, 3.8) is 0 Å². The number of anilines is 1. The Labute approximate surface area is 123 Å². The molecule has 0 bridgehead atoms. The minimum absolute atomic E-state index is 0.191. The summed E-state index contributed by atoms with van der Waals surface area (Å²) in [5, 5.41) is 3.17. The van der Waals surface area contributed by atoms with Crippen LogP contribution < -0.4 is 14.8 Å². The number of ether oxygens (including phenoxy) is 2. The van der Waals surface area contributed by atoms with Crippen molar-refractivity contribution in [3.8, 4) is 22.8 Å². The molecule has 0 aliphatic carbocycles. The molecule has 21 heavy (non-hydrogen) atoms. The molecule has 1 aromatic carbocycles. The van der Waals surface area contributed by atoms with Gasteiger partial charge in [-0.2, -0.15) is 0 Å². The van der Waals surface area contributed by atoms with E-state index in [-0.39, 0.29) is 5.75 Å². The van der Waals surface area contributed by atoms with Gasteiger partial charge in [0.25, 0.3) is 0 Å². The molecule has 2 rings (SSSR count). The summed E-state index contributed by atoms with van der Waals surface area (Å²) in [6.07, 6.45) is 2.39. The number of aromatic nitrogens is 2. The van der Waals surface area contributed by atoms with Crippen molar-refractivity contribution < 1.29 is 13.9 Å². The molecule has 0 saturated carbocycles. The minimum Gasteiger partial charge on any atom is -0.494 e. The second-order valence-electron chi connectivity index (χ2n) is 4.38. The summed E-state index contributed by atoms with van der Waals surface area (Å²) < 4.78 is 24.2. The lowest BCUT2D eigenvalue weighted by Gasteiger charge is -2.13. The van der Waals surface area contributed by atoms with Crippen molar-refractivity contribution in [3.05, 3.63) is 30.3 Å². The molecule has 1 heterocycles. The van der Waals surface area contributed by atoms with Crippen LogP contribution in [0, 0.1) is 5.82 Å². The molecule has 0 radical (unpaired) electrons. The van der Waals surface area contributed by atoms with Gasteiger partial charge in [0.05, 0.1) is 14.2 Å². The first kappa shape index (κ1) is 15.0. The summed E-state index contributed by atoms with van der Waals surface area (Å²) in [6.45, 7) is 2.82. The molecule has 0 saturated heterocycles. The van der Waals surface area contributed by atoms with E-state index in [1.807, 2.05) is 0 Å². The maximum Gasteiger partial charge on any atom is 0.187 e. The molecule has 5 nitrogen and oxygen atoms in total. The Hall–Kier alpha value is -2.37. The van der Waals surface area contributed by atoms with Crippen molar-refractivity contribution in [2.24, 2.45) is 0 Å². The van der Waals surface area contributed by atoms with Gasteiger partial charge in [0.15, 0.2) is 23.1 Å². The first-order valence-electron chi connectivity index (χ1n) is 6.68. The van der Waals surface area contributed by atoms with Crippen LogP contribution in [0.4, 0.5) is 10.2 Å². The van der Waals surface area contributed by atoms with Crippen LogP contribution >= 0.6 is 0 Å². The number of hydrogen-bond acceptors (Lipinski definition) is 5. The number of rotatable bonds is 6. The highest BCUT2D eigenvalue weighted by molar-refractivity contribution is 5.73. The van der Waals surface area contributed by atoms with E-state index in [2.05, 4.69) is 22.2 Å². The quantitative estimate of drug-likeness (QED) is 0.886. The van der Waals surface area contributed by atoms with Crippen LogP contribution in [0.5, 0.6) is 11.5 Å². The molecule has 0 aliphatic heterocycles. The van der Waals surface area contributed by atoms with Crippen molar-refractivity contribution in [2.75, 3.05) is 26.1 Å². The number of methoxy groups -OCH3 is 2. The number of hydrogen-bond donors (Lipinski definition) is 1. The molecule has 0 fully saturated rings. The highest BCUT2D eigenvalue weighted by Gasteiger charge is 2.15. The summed E-state index contributed by atoms with van der Waals surface area (Å²) in [5.74, 6) is 0.839. The molecule has 6 heteroatoms. The number of nitrogens with zero attached hydrogens (tertiary/aromatic N) is 2. The zero-order valence-electron chi connectivity index (χ0n) is 12.3. The molecule has 0 aliphatic rings.